The monoisotopic (exact) mass is 331 g/mol. The molecule has 0 saturated heterocycles. The van der Waals surface area contributed by atoms with Crippen LogP contribution in [0.15, 0.2) is 65.6 Å². The molecule has 0 unspecified atom stereocenters. The fraction of sp³-hybridized carbons (Fsp3) is 0.0588. The molecule has 0 aromatic heterocycles. The van der Waals surface area contributed by atoms with Crippen molar-refractivity contribution in [1.82, 2.24) is 0 Å². The van der Waals surface area contributed by atoms with Crippen molar-refractivity contribution in [3.05, 3.63) is 66.5 Å². The van der Waals surface area contributed by atoms with Crippen LogP contribution < -0.4 is 9.46 Å². The summed E-state index contributed by atoms with van der Waals surface area (Å²) in [5.74, 6) is -0.566. The highest BCUT2D eigenvalue weighted by Crippen LogP contribution is 2.29. The summed E-state index contributed by atoms with van der Waals surface area (Å²) < 4.78 is 46.2. The highest BCUT2D eigenvalue weighted by atomic mass is 32.2. The van der Waals surface area contributed by atoms with E-state index in [1.807, 2.05) is 30.3 Å². The van der Waals surface area contributed by atoms with E-state index in [1.54, 1.807) is 12.1 Å². The Hall–Kier alpha value is -2.60. The van der Waals surface area contributed by atoms with Crippen LogP contribution in [0.2, 0.25) is 0 Å². The summed E-state index contributed by atoms with van der Waals surface area (Å²) in [6.45, 7) is 0. The van der Waals surface area contributed by atoms with Crippen LogP contribution in [-0.2, 0) is 10.0 Å². The van der Waals surface area contributed by atoms with Gasteiger partial charge in [0.15, 0.2) is 0 Å². The van der Waals surface area contributed by atoms with Crippen molar-refractivity contribution in [3.63, 3.8) is 0 Å². The lowest BCUT2D eigenvalue weighted by Gasteiger charge is -2.13. The molecule has 0 fully saturated rings. The molecule has 0 saturated carbocycles. The zero-order valence-corrected chi connectivity index (χ0v) is 13.1. The summed E-state index contributed by atoms with van der Waals surface area (Å²) in [4.78, 5) is -0.243. The third-order valence-electron chi connectivity index (χ3n) is 3.45. The van der Waals surface area contributed by atoms with Gasteiger partial charge in [-0.25, -0.2) is 12.8 Å². The molecule has 0 amide bonds. The van der Waals surface area contributed by atoms with E-state index in [-0.39, 0.29) is 10.6 Å². The summed E-state index contributed by atoms with van der Waals surface area (Å²) in [6, 6.07) is 16.1. The maximum Gasteiger partial charge on any atom is 0.265 e. The number of hydrogen-bond acceptors (Lipinski definition) is 3. The first-order chi connectivity index (χ1) is 11.0. The van der Waals surface area contributed by atoms with Gasteiger partial charge in [-0.3, -0.25) is 4.72 Å². The number of hydrogen-bond donors (Lipinski definition) is 1. The van der Waals surface area contributed by atoms with E-state index >= 15 is 0 Å². The van der Waals surface area contributed by atoms with Crippen LogP contribution in [0.1, 0.15) is 0 Å². The summed E-state index contributed by atoms with van der Waals surface area (Å²) >= 11 is 0. The van der Waals surface area contributed by atoms with Gasteiger partial charge in [0.1, 0.15) is 16.5 Å². The van der Waals surface area contributed by atoms with Crippen LogP contribution in [0.25, 0.3) is 10.8 Å². The minimum Gasteiger partial charge on any atom is -0.495 e. The first-order valence-corrected chi connectivity index (χ1v) is 8.34. The van der Waals surface area contributed by atoms with Gasteiger partial charge < -0.3 is 4.74 Å². The second-order valence-corrected chi connectivity index (χ2v) is 6.58. The molecule has 0 radical (unpaired) electrons. The van der Waals surface area contributed by atoms with E-state index in [1.165, 1.54) is 13.2 Å². The Balaban J connectivity index is 2.09. The van der Waals surface area contributed by atoms with E-state index < -0.39 is 15.8 Å². The number of ether oxygens (including phenoxy) is 1. The van der Waals surface area contributed by atoms with Gasteiger partial charge in [0, 0.05) is 5.39 Å². The molecule has 0 bridgehead atoms. The number of halogens is 1. The van der Waals surface area contributed by atoms with Gasteiger partial charge in [-0.15, -0.1) is 0 Å². The standard InChI is InChI=1S/C17H14FNO3S/c1-22-16-10-9-13(18)11-17(16)23(20,21)19-15-8-4-6-12-5-2-3-7-14(12)15/h2-11,19H,1H3. The van der Waals surface area contributed by atoms with Crippen LogP contribution in [0.4, 0.5) is 10.1 Å². The van der Waals surface area contributed by atoms with Crippen LogP contribution in [-0.4, -0.2) is 15.5 Å². The van der Waals surface area contributed by atoms with Gasteiger partial charge in [-0.2, -0.15) is 0 Å². The van der Waals surface area contributed by atoms with Crippen LogP contribution in [0.3, 0.4) is 0 Å². The van der Waals surface area contributed by atoms with E-state index in [9.17, 15) is 12.8 Å². The molecule has 3 rings (SSSR count). The lowest BCUT2D eigenvalue weighted by molar-refractivity contribution is 0.401. The maximum atomic E-state index is 13.5. The first-order valence-electron chi connectivity index (χ1n) is 6.85. The third-order valence-corrected chi connectivity index (χ3v) is 4.84. The number of methoxy groups -OCH3 is 1. The minimum absolute atomic E-state index is 0.0825. The Bertz CT molecular complexity index is 965. The molecule has 0 atom stereocenters. The zero-order chi connectivity index (χ0) is 16.4. The maximum absolute atomic E-state index is 13.5. The number of sulfonamides is 1. The molecule has 3 aromatic carbocycles. The van der Waals surface area contributed by atoms with Crippen molar-refractivity contribution in [2.45, 2.75) is 4.90 Å². The van der Waals surface area contributed by atoms with Gasteiger partial charge in [0.05, 0.1) is 12.8 Å². The summed E-state index contributed by atoms with van der Waals surface area (Å²) in [5, 5.41) is 1.66. The molecule has 0 aliphatic rings. The predicted octanol–water partition coefficient (Wildman–Crippen LogP) is 3.79. The number of fused-ring (bicyclic) bond motifs is 1. The van der Waals surface area contributed by atoms with Gasteiger partial charge in [0.2, 0.25) is 0 Å². The third kappa shape index (κ3) is 2.98. The Kier molecular flexibility index (Phi) is 3.92. The molecule has 118 valence electrons. The average molecular weight is 331 g/mol. The van der Waals surface area contributed by atoms with Crippen LogP contribution >= 0.6 is 0 Å². The molecular weight excluding hydrogens is 317 g/mol. The highest BCUT2D eigenvalue weighted by Gasteiger charge is 2.21. The SMILES string of the molecule is COc1ccc(F)cc1S(=O)(=O)Nc1cccc2ccccc12. The second-order valence-electron chi connectivity index (χ2n) is 4.93. The summed E-state index contributed by atoms with van der Waals surface area (Å²) in [7, 11) is -2.65. The number of benzene rings is 3. The lowest BCUT2D eigenvalue weighted by Crippen LogP contribution is -2.14. The molecule has 23 heavy (non-hydrogen) atoms. The quantitative estimate of drug-likeness (QED) is 0.791. The Morgan fingerprint density at radius 2 is 1.74 bits per heavy atom. The fourth-order valence-electron chi connectivity index (χ4n) is 2.37. The molecule has 0 spiro atoms. The van der Waals surface area contributed by atoms with E-state index in [0.29, 0.717) is 5.69 Å². The van der Waals surface area contributed by atoms with Gasteiger partial charge in [0.25, 0.3) is 10.0 Å². The van der Waals surface area contributed by atoms with E-state index in [2.05, 4.69) is 4.72 Å². The fourth-order valence-corrected chi connectivity index (χ4v) is 3.64. The lowest BCUT2D eigenvalue weighted by atomic mass is 10.1. The Labute approximate surface area is 133 Å². The summed E-state index contributed by atoms with van der Waals surface area (Å²) in [6.07, 6.45) is 0. The number of anilines is 1. The first kappa shape index (κ1) is 15.3. The van der Waals surface area contributed by atoms with Gasteiger partial charge >= 0.3 is 0 Å². The molecule has 0 aliphatic heterocycles. The number of rotatable bonds is 4. The Morgan fingerprint density at radius 1 is 1.00 bits per heavy atom. The van der Waals surface area contributed by atoms with Crippen molar-refractivity contribution in [2.75, 3.05) is 11.8 Å². The highest BCUT2D eigenvalue weighted by molar-refractivity contribution is 7.92. The van der Waals surface area contributed by atoms with Gasteiger partial charge in [-0.05, 0) is 29.7 Å². The molecule has 3 aromatic rings. The van der Waals surface area contributed by atoms with Crippen molar-refractivity contribution < 1.29 is 17.5 Å². The molecule has 4 nitrogen and oxygen atoms in total. The zero-order valence-electron chi connectivity index (χ0n) is 12.3. The van der Waals surface area contributed by atoms with Crippen molar-refractivity contribution in [3.8, 4) is 5.75 Å². The molecule has 0 heterocycles. The minimum atomic E-state index is -3.99. The Morgan fingerprint density at radius 3 is 2.52 bits per heavy atom. The van der Waals surface area contributed by atoms with Crippen LogP contribution in [0.5, 0.6) is 5.75 Å². The van der Waals surface area contributed by atoms with E-state index in [0.717, 1.165) is 22.9 Å². The molecule has 0 aliphatic carbocycles. The van der Waals surface area contributed by atoms with Gasteiger partial charge in [-0.1, -0.05) is 36.4 Å². The number of nitrogens with one attached hydrogen (secondary N) is 1. The second kappa shape index (κ2) is 5.89. The topological polar surface area (TPSA) is 55.4 Å². The van der Waals surface area contributed by atoms with Crippen molar-refractivity contribution in [1.29, 1.82) is 0 Å². The van der Waals surface area contributed by atoms with E-state index in [4.69, 9.17) is 4.74 Å². The molecule has 1 N–H and O–H groups in total. The molecule has 6 heteroatoms. The van der Waals surface area contributed by atoms with Crippen molar-refractivity contribution >= 4 is 26.5 Å². The van der Waals surface area contributed by atoms with Crippen LogP contribution in [0, 0.1) is 5.82 Å². The smallest absolute Gasteiger partial charge is 0.265 e. The normalized spacial score (nSPS) is 11.4. The van der Waals surface area contributed by atoms with Crippen molar-refractivity contribution in [2.24, 2.45) is 0 Å². The molecular formula is C17H14FNO3S. The summed E-state index contributed by atoms with van der Waals surface area (Å²) in [5.41, 5.74) is 0.425. The largest absolute Gasteiger partial charge is 0.495 e. The average Bonchev–Trinajstić information content (AvgIpc) is 2.55. The predicted molar refractivity (Wildman–Crippen MR) is 87.7 cm³/mol.